The Bertz CT molecular complexity index is 471. The number of pyridine rings is 1. The van der Waals surface area contributed by atoms with Crippen molar-refractivity contribution in [2.24, 2.45) is 5.73 Å². The van der Waals surface area contributed by atoms with Crippen LogP contribution in [0.4, 0.5) is 5.82 Å². The zero-order chi connectivity index (χ0) is 11.5. The highest BCUT2D eigenvalue weighted by Gasteiger charge is 2.13. The average molecular weight is 245 g/mol. The van der Waals surface area contributed by atoms with Crippen LogP contribution in [-0.4, -0.2) is 24.1 Å². The van der Waals surface area contributed by atoms with Crippen LogP contribution in [0.1, 0.15) is 5.56 Å². The molecule has 0 aromatic carbocycles. The number of aryl methyl sites for hydroxylation is 1. The van der Waals surface area contributed by atoms with Gasteiger partial charge in [-0.2, -0.15) is 0 Å². The molecule has 0 aliphatic carbocycles. The fourth-order valence-corrected chi connectivity index (χ4v) is 2.38. The second kappa shape index (κ2) is 4.54. The first-order valence-corrected chi connectivity index (χ1v) is 6.17. The average Bonchev–Trinajstić information content (AvgIpc) is 2.06. The largest absolute Gasteiger partial charge is 0.392 e. The van der Waals surface area contributed by atoms with Gasteiger partial charge in [0.15, 0.2) is 0 Å². The fourth-order valence-electron chi connectivity index (χ4n) is 0.963. The van der Waals surface area contributed by atoms with E-state index in [9.17, 15) is 8.42 Å². The van der Waals surface area contributed by atoms with E-state index in [1.165, 1.54) is 6.20 Å². The van der Waals surface area contributed by atoms with Gasteiger partial charge in [-0.1, -0.05) is 18.3 Å². The minimum absolute atomic E-state index is 0.0731. The molecule has 1 heterocycles. The van der Waals surface area contributed by atoms with Crippen molar-refractivity contribution in [1.29, 1.82) is 0 Å². The number of aromatic nitrogens is 1. The van der Waals surface area contributed by atoms with Gasteiger partial charge in [-0.15, -0.1) is 0 Å². The Morgan fingerprint density at radius 2 is 2.33 bits per heavy atom. The second-order valence-corrected chi connectivity index (χ2v) is 5.24. The molecule has 1 aromatic rings. The Morgan fingerprint density at radius 3 is 2.87 bits per heavy atom. The first-order chi connectivity index (χ1) is 6.91. The van der Waals surface area contributed by atoms with Crippen LogP contribution < -0.4 is 10.5 Å². The maximum atomic E-state index is 11.4. The molecule has 0 saturated carbocycles. The first kappa shape index (κ1) is 11.9. The summed E-state index contributed by atoms with van der Waals surface area (Å²) in [6, 6.07) is 3.48. The van der Waals surface area contributed by atoms with Crippen LogP contribution in [0.25, 0.3) is 0 Å². The molecule has 0 fully saturated rings. The van der Waals surface area contributed by atoms with Gasteiger partial charge < -0.3 is 5.73 Å². The van der Waals surface area contributed by atoms with E-state index < -0.39 is 10.0 Å². The van der Waals surface area contributed by atoms with Gasteiger partial charge in [0.2, 0.25) is 10.0 Å². The molecule has 1 aromatic heterocycles. The van der Waals surface area contributed by atoms with E-state index in [0.29, 0.717) is 5.82 Å². The molecule has 0 bridgehead atoms. The van der Waals surface area contributed by atoms with Crippen LogP contribution >= 0.6 is 12.2 Å². The predicted octanol–water partition coefficient (Wildman–Crippen LogP) is 0.418. The van der Waals surface area contributed by atoms with Crippen molar-refractivity contribution in [2.75, 3.05) is 10.5 Å². The van der Waals surface area contributed by atoms with Crippen molar-refractivity contribution >= 4 is 33.0 Å². The summed E-state index contributed by atoms with van der Waals surface area (Å²) in [5.74, 6) is -0.0769. The number of anilines is 1. The van der Waals surface area contributed by atoms with E-state index in [4.69, 9.17) is 5.73 Å². The lowest BCUT2D eigenvalue weighted by molar-refractivity contribution is 0.604. The highest BCUT2D eigenvalue weighted by molar-refractivity contribution is 7.95. The molecule has 82 valence electrons. The first-order valence-electron chi connectivity index (χ1n) is 4.11. The van der Waals surface area contributed by atoms with Gasteiger partial charge in [-0.05, 0) is 18.6 Å². The topological polar surface area (TPSA) is 85.1 Å². The fraction of sp³-hybridized carbons (Fsp3) is 0.250. The van der Waals surface area contributed by atoms with Gasteiger partial charge in [0, 0.05) is 6.20 Å². The van der Waals surface area contributed by atoms with Crippen molar-refractivity contribution in [3.05, 3.63) is 23.9 Å². The van der Waals surface area contributed by atoms with Gasteiger partial charge in [0.05, 0.1) is 4.99 Å². The van der Waals surface area contributed by atoms with E-state index in [0.717, 1.165) is 5.56 Å². The summed E-state index contributed by atoms with van der Waals surface area (Å²) in [4.78, 5) is 3.82. The quantitative estimate of drug-likeness (QED) is 0.751. The van der Waals surface area contributed by atoms with Crippen molar-refractivity contribution in [2.45, 2.75) is 6.92 Å². The zero-order valence-corrected chi connectivity index (χ0v) is 9.73. The SMILES string of the molecule is Cc1cccnc1NS(=O)(=O)CC(N)=S. The molecule has 15 heavy (non-hydrogen) atoms. The van der Waals surface area contributed by atoms with E-state index in [1.807, 2.05) is 0 Å². The van der Waals surface area contributed by atoms with Crippen molar-refractivity contribution < 1.29 is 8.42 Å². The number of nitrogens with zero attached hydrogens (tertiary/aromatic N) is 1. The summed E-state index contributed by atoms with van der Waals surface area (Å²) in [5.41, 5.74) is 5.90. The molecule has 0 unspecified atom stereocenters. The lowest BCUT2D eigenvalue weighted by Crippen LogP contribution is -2.27. The Hall–Kier alpha value is -1.21. The lowest BCUT2D eigenvalue weighted by Gasteiger charge is -2.07. The van der Waals surface area contributed by atoms with Crippen LogP contribution in [0.5, 0.6) is 0 Å². The number of rotatable bonds is 4. The summed E-state index contributed by atoms with van der Waals surface area (Å²) < 4.78 is 25.2. The molecular formula is C8H11N3O2S2. The van der Waals surface area contributed by atoms with Crippen LogP contribution in [-0.2, 0) is 10.0 Å². The molecule has 0 spiro atoms. The van der Waals surface area contributed by atoms with E-state index in [1.54, 1.807) is 19.1 Å². The maximum absolute atomic E-state index is 11.4. The molecule has 0 amide bonds. The van der Waals surface area contributed by atoms with Crippen LogP contribution in [0, 0.1) is 6.92 Å². The summed E-state index contributed by atoms with van der Waals surface area (Å²) in [6.07, 6.45) is 1.51. The summed E-state index contributed by atoms with van der Waals surface area (Å²) in [7, 11) is -3.54. The summed E-state index contributed by atoms with van der Waals surface area (Å²) in [6.45, 7) is 1.76. The molecule has 0 saturated heterocycles. The third-order valence-electron chi connectivity index (χ3n) is 1.59. The number of thiocarbonyl (C=S) groups is 1. The van der Waals surface area contributed by atoms with Crippen LogP contribution in [0.3, 0.4) is 0 Å². The minimum atomic E-state index is -3.54. The van der Waals surface area contributed by atoms with Crippen molar-refractivity contribution in [1.82, 2.24) is 4.98 Å². The highest BCUT2D eigenvalue weighted by Crippen LogP contribution is 2.10. The number of sulfonamides is 1. The number of nitrogens with two attached hydrogens (primary N) is 1. The van der Waals surface area contributed by atoms with Gasteiger partial charge in [-0.3, -0.25) is 4.72 Å². The van der Waals surface area contributed by atoms with E-state index in [-0.39, 0.29) is 10.7 Å². The van der Waals surface area contributed by atoms with Crippen molar-refractivity contribution in [3.8, 4) is 0 Å². The molecule has 0 atom stereocenters. The lowest BCUT2D eigenvalue weighted by atomic mass is 10.3. The molecule has 0 aliphatic rings. The Labute approximate surface area is 93.8 Å². The molecule has 7 heteroatoms. The smallest absolute Gasteiger partial charge is 0.240 e. The molecule has 1 rings (SSSR count). The zero-order valence-electron chi connectivity index (χ0n) is 8.10. The van der Waals surface area contributed by atoms with Crippen LogP contribution in [0.15, 0.2) is 18.3 Å². The molecule has 5 nitrogen and oxygen atoms in total. The third kappa shape index (κ3) is 3.80. The normalized spacial score (nSPS) is 11.0. The molecular weight excluding hydrogens is 234 g/mol. The molecule has 3 N–H and O–H groups in total. The minimum Gasteiger partial charge on any atom is -0.392 e. The Morgan fingerprint density at radius 1 is 1.67 bits per heavy atom. The van der Waals surface area contributed by atoms with E-state index in [2.05, 4.69) is 21.9 Å². The third-order valence-corrected chi connectivity index (χ3v) is 3.12. The van der Waals surface area contributed by atoms with Gasteiger partial charge in [0.25, 0.3) is 0 Å². The standard InChI is InChI=1S/C8H11N3O2S2/c1-6-3-2-4-10-8(6)11-15(12,13)5-7(9)14/h2-4H,5H2,1H3,(H2,9,14)(H,10,11). The number of hydrogen-bond donors (Lipinski definition) is 2. The van der Waals surface area contributed by atoms with Gasteiger partial charge >= 0.3 is 0 Å². The highest BCUT2D eigenvalue weighted by atomic mass is 32.2. The monoisotopic (exact) mass is 245 g/mol. The van der Waals surface area contributed by atoms with Crippen molar-refractivity contribution in [3.63, 3.8) is 0 Å². The second-order valence-electron chi connectivity index (χ2n) is 3.00. The van der Waals surface area contributed by atoms with Gasteiger partial charge in [0.1, 0.15) is 11.6 Å². The molecule has 0 radical (unpaired) electrons. The summed E-state index contributed by atoms with van der Waals surface area (Å²) >= 11 is 4.53. The number of hydrogen-bond acceptors (Lipinski definition) is 4. The van der Waals surface area contributed by atoms with Gasteiger partial charge in [-0.25, -0.2) is 13.4 Å². The van der Waals surface area contributed by atoms with E-state index >= 15 is 0 Å². The predicted molar refractivity (Wildman–Crippen MR) is 63.2 cm³/mol. The maximum Gasteiger partial charge on any atom is 0.240 e. The number of nitrogens with one attached hydrogen (secondary N) is 1. The summed E-state index contributed by atoms with van der Waals surface area (Å²) in [5, 5.41) is 0. The molecule has 0 aliphatic heterocycles. The Kier molecular flexibility index (Phi) is 3.59. The van der Waals surface area contributed by atoms with Crippen LogP contribution in [0.2, 0.25) is 0 Å². The Balaban J connectivity index is 2.87.